The molecule has 0 aliphatic rings. The molecule has 0 aliphatic heterocycles. The van der Waals surface area contributed by atoms with Crippen molar-refractivity contribution in [1.82, 2.24) is 24.7 Å². The molecule has 3 aromatic rings. The molecule has 6 heteroatoms. The molecule has 3 heterocycles. The quantitative estimate of drug-likeness (QED) is 0.751. The lowest BCUT2D eigenvalue weighted by molar-refractivity contribution is 0.663. The standard InChI is InChI=1S/C12H14N6/c1-17(2)11-5-4-9-12(16-11)15-10(14-9)8-18-7-3-6-13-18/h3-7H,8H2,1-2H3,(H,14,15,16). The summed E-state index contributed by atoms with van der Waals surface area (Å²) in [5.41, 5.74) is 1.69. The number of nitrogens with zero attached hydrogens (tertiary/aromatic N) is 5. The lowest BCUT2D eigenvalue weighted by Crippen LogP contribution is -2.10. The molecular weight excluding hydrogens is 228 g/mol. The highest BCUT2D eigenvalue weighted by Gasteiger charge is 2.06. The molecule has 0 amide bonds. The highest BCUT2D eigenvalue weighted by molar-refractivity contribution is 5.73. The average molecular weight is 242 g/mol. The fourth-order valence-corrected chi connectivity index (χ4v) is 1.80. The summed E-state index contributed by atoms with van der Waals surface area (Å²) in [7, 11) is 3.93. The highest BCUT2D eigenvalue weighted by Crippen LogP contribution is 2.14. The summed E-state index contributed by atoms with van der Waals surface area (Å²) >= 11 is 0. The molecule has 0 fully saturated rings. The van der Waals surface area contributed by atoms with Crippen LogP contribution in [0.3, 0.4) is 0 Å². The number of aromatic amines is 1. The van der Waals surface area contributed by atoms with E-state index in [4.69, 9.17) is 0 Å². The molecule has 0 aliphatic carbocycles. The topological polar surface area (TPSA) is 62.6 Å². The number of anilines is 1. The van der Waals surface area contributed by atoms with E-state index in [2.05, 4.69) is 20.1 Å². The van der Waals surface area contributed by atoms with Crippen LogP contribution in [-0.4, -0.2) is 38.8 Å². The lowest BCUT2D eigenvalue weighted by Gasteiger charge is -2.09. The van der Waals surface area contributed by atoms with E-state index >= 15 is 0 Å². The molecule has 92 valence electrons. The summed E-state index contributed by atoms with van der Waals surface area (Å²) in [6, 6.07) is 5.86. The van der Waals surface area contributed by atoms with Gasteiger partial charge in [-0.2, -0.15) is 5.10 Å². The Morgan fingerprint density at radius 1 is 1.28 bits per heavy atom. The van der Waals surface area contributed by atoms with E-state index < -0.39 is 0 Å². The zero-order valence-corrected chi connectivity index (χ0v) is 10.3. The maximum atomic E-state index is 4.48. The second-order valence-electron chi connectivity index (χ2n) is 4.32. The van der Waals surface area contributed by atoms with Gasteiger partial charge in [0.05, 0.1) is 12.1 Å². The Balaban J connectivity index is 1.95. The van der Waals surface area contributed by atoms with Gasteiger partial charge in [-0.3, -0.25) is 4.68 Å². The van der Waals surface area contributed by atoms with Crippen LogP contribution in [0.1, 0.15) is 5.82 Å². The van der Waals surface area contributed by atoms with Crippen molar-refractivity contribution < 1.29 is 0 Å². The number of rotatable bonds is 3. The number of H-pyrrole nitrogens is 1. The molecule has 0 saturated heterocycles. The van der Waals surface area contributed by atoms with Crippen molar-refractivity contribution in [2.24, 2.45) is 0 Å². The molecule has 1 N–H and O–H groups in total. The Hall–Kier alpha value is -2.37. The number of hydrogen-bond donors (Lipinski definition) is 1. The maximum absolute atomic E-state index is 4.48. The smallest absolute Gasteiger partial charge is 0.179 e. The van der Waals surface area contributed by atoms with Gasteiger partial charge < -0.3 is 9.88 Å². The van der Waals surface area contributed by atoms with E-state index in [-0.39, 0.29) is 0 Å². The third kappa shape index (κ3) is 1.92. The van der Waals surface area contributed by atoms with Crippen molar-refractivity contribution >= 4 is 17.0 Å². The minimum absolute atomic E-state index is 0.626. The van der Waals surface area contributed by atoms with Crippen LogP contribution in [0, 0.1) is 0 Å². The third-order valence-corrected chi connectivity index (χ3v) is 2.71. The molecule has 6 nitrogen and oxygen atoms in total. The molecule has 0 radical (unpaired) electrons. The van der Waals surface area contributed by atoms with Crippen molar-refractivity contribution in [3.8, 4) is 0 Å². The molecule has 0 unspecified atom stereocenters. The maximum Gasteiger partial charge on any atom is 0.179 e. The molecular formula is C12H14N6. The lowest BCUT2D eigenvalue weighted by atomic mass is 10.4. The summed E-state index contributed by atoms with van der Waals surface area (Å²) in [6.07, 6.45) is 3.66. The fraction of sp³-hybridized carbons (Fsp3) is 0.250. The molecule has 0 saturated carbocycles. The number of fused-ring (bicyclic) bond motifs is 1. The predicted molar refractivity (Wildman–Crippen MR) is 69.5 cm³/mol. The molecule has 0 aromatic carbocycles. The predicted octanol–water partition coefficient (Wildman–Crippen LogP) is 1.27. The van der Waals surface area contributed by atoms with Gasteiger partial charge in [-0.1, -0.05) is 0 Å². The van der Waals surface area contributed by atoms with Gasteiger partial charge in [-0.25, -0.2) is 9.97 Å². The Bertz CT molecular complexity index is 652. The Labute approximate surface area is 104 Å². The van der Waals surface area contributed by atoms with E-state index in [9.17, 15) is 0 Å². The van der Waals surface area contributed by atoms with Crippen molar-refractivity contribution in [1.29, 1.82) is 0 Å². The van der Waals surface area contributed by atoms with E-state index in [0.717, 1.165) is 22.8 Å². The summed E-state index contributed by atoms with van der Waals surface area (Å²) < 4.78 is 1.82. The molecule has 18 heavy (non-hydrogen) atoms. The first-order valence-corrected chi connectivity index (χ1v) is 5.73. The third-order valence-electron chi connectivity index (χ3n) is 2.71. The average Bonchev–Trinajstić information content (AvgIpc) is 2.96. The molecule has 3 aromatic heterocycles. The number of aromatic nitrogens is 5. The van der Waals surface area contributed by atoms with Crippen LogP contribution < -0.4 is 4.90 Å². The van der Waals surface area contributed by atoms with Crippen LogP contribution in [0.4, 0.5) is 5.82 Å². The van der Waals surface area contributed by atoms with Gasteiger partial charge in [0.25, 0.3) is 0 Å². The second kappa shape index (κ2) is 4.14. The summed E-state index contributed by atoms with van der Waals surface area (Å²) in [6.45, 7) is 0.626. The van der Waals surface area contributed by atoms with Crippen LogP contribution in [0.15, 0.2) is 30.6 Å². The van der Waals surface area contributed by atoms with E-state index in [1.54, 1.807) is 6.20 Å². The van der Waals surface area contributed by atoms with Crippen LogP contribution in [0.2, 0.25) is 0 Å². The number of nitrogens with one attached hydrogen (secondary N) is 1. The highest BCUT2D eigenvalue weighted by atomic mass is 15.3. The van der Waals surface area contributed by atoms with Crippen LogP contribution >= 0.6 is 0 Å². The minimum Gasteiger partial charge on any atom is -0.363 e. The SMILES string of the molecule is CN(C)c1ccc2[nH]c(Cn3cccn3)nc2n1. The van der Waals surface area contributed by atoms with Gasteiger partial charge in [-0.05, 0) is 18.2 Å². The van der Waals surface area contributed by atoms with Crippen LogP contribution in [0.5, 0.6) is 0 Å². The van der Waals surface area contributed by atoms with Crippen molar-refractivity contribution in [3.63, 3.8) is 0 Å². The zero-order valence-electron chi connectivity index (χ0n) is 10.3. The number of imidazole rings is 1. The van der Waals surface area contributed by atoms with Crippen LogP contribution in [-0.2, 0) is 6.54 Å². The van der Waals surface area contributed by atoms with Gasteiger partial charge in [0, 0.05) is 26.5 Å². The molecule has 3 rings (SSSR count). The van der Waals surface area contributed by atoms with Crippen molar-refractivity contribution in [3.05, 3.63) is 36.4 Å². The molecule has 0 spiro atoms. The normalized spacial score (nSPS) is 11.0. The number of hydrogen-bond acceptors (Lipinski definition) is 4. The van der Waals surface area contributed by atoms with E-state index in [0.29, 0.717) is 6.54 Å². The second-order valence-corrected chi connectivity index (χ2v) is 4.32. The van der Waals surface area contributed by atoms with E-state index in [1.165, 1.54) is 0 Å². The van der Waals surface area contributed by atoms with E-state index in [1.807, 2.05) is 48.1 Å². The van der Waals surface area contributed by atoms with Gasteiger partial charge in [0.15, 0.2) is 5.65 Å². The van der Waals surface area contributed by atoms with Gasteiger partial charge >= 0.3 is 0 Å². The minimum atomic E-state index is 0.626. The largest absolute Gasteiger partial charge is 0.363 e. The Kier molecular flexibility index (Phi) is 2.47. The fourth-order valence-electron chi connectivity index (χ4n) is 1.80. The van der Waals surface area contributed by atoms with Crippen molar-refractivity contribution in [2.75, 3.05) is 19.0 Å². The van der Waals surface area contributed by atoms with Crippen molar-refractivity contribution in [2.45, 2.75) is 6.54 Å². The zero-order chi connectivity index (χ0) is 12.5. The van der Waals surface area contributed by atoms with Gasteiger partial charge in [0.1, 0.15) is 11.6 Å². The summed E-state index contributed by atoms with van der Waals surface area (Å²) in [5, 5.41) is 4.16. The first kappa shape index (κ1) is 10.8. The Morgan fingerprint density at radius 2 is 2.17 bits per heavy atom. The first-order chi connectivity index (χ1) is 8.72. The molecule has 0 atom stereocenters. The van der Waals surface area contributed by atoms with Gasteiger partial charge in [-0.15, -0.1) is 0 Å². The molecule has 0 bridgehead atoms. The first-order valence-electron chi connectivity index (χ1n) is 5.73. The Morgan fingerprint density at radius 3 is 2.89 bits per heavy atom. The summed E-state index contributed by atoms with van der Waals surface area (Å²) in [4.78, 5) is 14.2. The van der Waals surface area contributed by atoms with Crippen LogP contribution in [0.25, 0.3) is 11.2 Å². The summed E-state index contributed by atoms with van der Waals surface area (Å²) in [5.74, 6) is 1.76. The van der Waals surface area contributed by atoms with Gasteiger partial charge in [0.2, 0.25) is 0 Å². The monoisotopic (exact) mass is 242 g/mol. The number of pyridine rings is 1.